The predicted molar refractivity (Wildman–Crippen MR) is 113 cm³/mol. The molecule has 0 aliphatic carbocycles. The lowest BCUT2D eigenvalue weighted by molar-refractivity contribution is -0.384. The van der Waals surface area contributed by atoms with Crippen LogP contribution in [0.1, 0.15) is 43.9 Å². The van der Waals surface area contributed by atoms with Gasteiger partial charge in [-0.25, -0.2) is 4.98 Å². The highest BCUT2D eigenvalue weighted by atomic mass is 16.6. The van der Waals surface area contributed by atoms with E-state index in [9.17, 15) is 14.9 Å². The molecule has 2 aromatic rings. The van der Waals surface area contributed by atoms with Crippen LogP contribution in [0.3, 0.4) is 0 Å². The van der Waals surface area contributed by atoms with Gasteiger partial charge in [-0.2, -0.15) is 0 Å². The van der Waals surface area contributed by atoms with Gasteiger partial charge in [-0.3, -0.25) is 14.9 Å². The van der Waals surface area contributed by atoms with Crippen molar-refractivity contribution >= 4 is 17.3 Å². The molecule has 0 radical (unpaired) electrons. The summed E-state index contributed by atoms with van der Waals surface area (Å²) in [6.07, 6.45) is 3.00. The molecule has 1 aliphatic heterocycles. The summed E-state index contributed by atoms with van der Waals surface area (Å²) in [5.41, 5.74) is 1.23. The number of amides is 1. The second-order valence-electron chi connectivity index (χ2n) is 7.44. The quantitative estimate of drug-likeness (QED) is 0.396. The number of ether oxygens (including phenoxy) is 2. The standard InChI is InChI=1S/C22H27N3O5/c1-3-4-13-30-20-10-9-19(16(2)23-20)24-21(26)22(11-14-29-15-12-22)17-5-7-18(8-6-17)25(27)28/h5-10H,3-4,11-15H2,1-2H3,(H,24,26). The fraction of sp³-hybridized carbons (Fsp3) is 0.455. The highest BCUT2D eigenvalue weighted by Crippen LogP contribution is 2.37. The number of nitro benzene ring substituents is 1. The molecule has 2 heterocycles. The number of pyridine rings is 1. The zero-order valence-electron chi connectivity index (χ0n) is 17.3. The molecule has 0 spiro atoms. The Morgan fingerprint density at radius 3 is 2.53 bits per heavy atom. The van der Waals surface area contributed by atoms with Crippen LogP contribution in [0.15, 0.2) is 36.4 Å². The van der Waals surface area contributed by atoms with Crippen LogP contribution in [0, 0.1) is 17.0 Å². The number of carbonyl (C=O) groups is 1. The molecule has 0 unspecified atom stereocenters. The summed E-state index contributed by atoms with van der Waals surface area (Å²) in [4.78, 5) is 28.4. The number of non-ortho nitro benzene ring substituents is 1. The number of nitrogens with zero attached hydrogens (tertiary/aromatic N) is 2. The number of aryl methyl sites for hydroxylation is 1. The van der Waals surface area contributed by atoms with E-state index in [-0.39, 0.29) is 11.6 Å². The first-order valence-corrected chi connectivity index (χ1v) is 10.2. The lowest BCUT2D eigenvalue weighted by Crippen LogP contribution is -2.45. The molecule has 0 saturated carbocycles. The van der Waals surface area contributed by atoms with Gasteiger partial charge >= 0.3 is 0 Å². The Morgan fingerprint density at radius 2 is 1.93 bits per heavy atom. The van der Waals surface area contributed by atoms with E-state index in [1.54, 1.807) is 24.3 Å². The number of hydrogen-bond acceptors (Lipinski definition) is 6. The van der Waals surface area contributed by atoms with Crippen LogP contribution in [0.4, 0.5) is 11.4 Å². The third-order valence-electron chi connectivity index (χ3n) is 5.47. The number of aromatic nitrogens is 1. The molecule has 30 heavy (non-hydrogen) atoms. The maximum Gasteiger partial charge on any atom is 0.269 e. The Morgan fingerprint density at radius 1 is 1.23 bits per heavy atom. The SMILES string of the molecule is CCCCOc1ccc(NC(=O)C2(c3ccc([N+](=O)[O-])cc3)CCOCC2)c(C)n1. The van der Waals surface area contributed by atoms with E-state index in [1.807, 2.05) is 6.92 Å². The van der Waals surface area contributed by atoms with Crippen LogP contribution in [-0.4, -0.2) is 35.6 Å². The summed E-state index contributed by atoms with van der Waals surface area (Å²) in [5.74, 6) is 0.374. The average Bonchev–Trinajstić information content (AvgIpc) is 2.76. The zero-order chi connectivity index (χ0) is 21.6. The molecular formula is C22H27N3O5. The summed E-state index contributed by atoms with van der Waals surface area (Å²) >= 11 is 0. The monoisotopic (exact) mass is 413 g/mol. The summed E-state index contributed by atoms with van der Waals surface area (Å²) in [6, 6.07) is 9.76. The molecule has 0 bridgehead atoms. The molecule has 1 N–H and O–H groups in total. The molecular weight excluding hydrogens is 386 g/mol. The fourth-order valence-electron chi connectivity index (χ4n) is 3.58. The number of benzene rings is 1. The van der Waals surface area contributed by atoms with E-state index < -0.39 is 10.3 Å². The van der Waals surface area contributed by atoms with Crippen LogP contribution >= 0.6 is 0 Å². The van der Waals surface area contributed by atoms with E-state index in [0.29, 0.717) is 49.9 Å². The molecule has 1 aliphatic rings. The van der Waals surface area contributed by atoms with Gasteiger partial charge in [0.1, 0.15) is 0 Å². The maximum absolute atomic E-state index is 13.4. The number of nitro groups is 1. The van der Waals surface area contributed by atoms with Crippen molar-refractivity contribution in [2.75, 3.05) is 25.1 Å². The molecule has 1 saturated heterocycles. The van der Waals surface area contributed by atoms with Crippen molar-refractivity contribution in [1.29, 1.82) is 0 Å². The Kier molecular flexibility index (Phi) is 6.99. The highest BCUT2D eigenvalue weighted by molar-refractivity contribution is 5.99. The minimum Gasteiger partial charge on any atom is -0.478 e. The van der Waals surface area contributed by atoms with E-state index >= 15 is 0 Å². The Hall–Kier alpha value is -3.00. The van der Waals surface area contributed by atoms with Crippen LogP contribution in [0.2, 0.25) is 0 Å². The number of rotatable bonds is 8. The Balaban J connectivity index is 1.81. The first-order chi connectivity index (χ1) is 14.5. The van der Waals surface area contributed by atoms with Gasteiger partial charge in [0.2, 0.25) is 11.8 Å². The summed E-state index contributed by atoms with van der Waals surface area (Å²) in [5, 5.41) is 14.0. The molecule has 160 valence electrons. The first-order valence-electron chi connectivity index (χ1n) is 10.2. The molecule has 8 heteroatoms. The van der Waals surface area contributed by atoms with E-state index in [4.69, 9.17) is 9.47 Å². The molecule has 1 fully saturated rings. The van der Waals surface area contributed by atoms with Crippen LogP contribution in [-0.2, 0) is 14.9 Å². The van der Waals surface area contributed by atoms with Gasteiger partial charge in [0.05, 0.1) is 28.3 Å². The second-order valence-corrected chi connectivity index (χ2v) is 7.44. The summed E-state index contributed by atoms with van der Waals surface area (Å²) in [6.45, 7) is 5.43. The molecule has 1 amide bonds. The van der Waals surface area contributed by atoms with Gasteiger partial charge in [-0.15, -0.1) is 0 Å². The molecule has 8 nitrogen and oxygen atoms in total. The van der Waals surface area contributed by atoms with Crippen molar-refractivity contribution in [3.05, 3.63) is 57.8 Å². The number of unbranched alkanes of at least 4 members (excludes halogenated alkanes) is 1. The van der Waals surface area contributed by atoms with Crippen molar-refractivity contribution in [3.63, 3.8) is 0 Å². The van der Waals surface area contributed by atoms with Gasteiger partial charge in [0.15, 0.2) is 0 Å². The van der Waals surface area contributed by atoms with Gasteiger partial charge in [0.25, 0.3) is 5.69 Å². The smallest absolute Gasteiger partial charge is 0.269 e. The van der Waals surface area contributed by atoms with Gasteiger partial charge in [0, 0.05) is 31.4 Å². The van der Waals surface area contributed by atoms with Crippen LogP contribution < -0.4 is 10.1 Å². The van der Waals surface area contributed by atoms with Crippen molar-refractivity contribution in [2.24, 2.45) is 0 Å². The van der Waals surface area contributed by atoms with Crippen LogP contribution in [0.25, 0.3) is 0 Å². The number of carbonyl (C=O) groups excluding carboxylic acids is 1. The lowest BCUT2D eigenvalue weighted by Gasteiger charge is -2.36. The summed E-state index contributed by atoms with van der Waals surface area (Å²) < 4.78 is 11.1. The molecule has 1 aromatic heterocycles. The average molecular weight is 413 g/mol. The fourth-order valence-corrected chi connectivity index (χ4v) is 3.58. The second kappa shape index (κ2) is 9.67. The van der Waals surface area contributed by atoms with Gasteiger partial charge < -0.3 is 14.8 Å². The third kappa shape index (κ3) is 4.76. The zero-order valence-corrected chi connectivity index (χ0v) is 17.3. The normalized spacial score (nSPS) is 15.4. The maximum atomic E-state index is 13.4. The summed E-state index contributed by atoms with van der Waals surface area (Å²) in [7, 11) is 0. The largest absolute Gasteiger partial charge is 0.478 e. The predicted octanol–water partition coefficient (Wildman–Crippen LogP) is 4.16. The Labute approximate surface area is 175 Å². The topological polar surface area (TPSA) is 104 Å². The third-order valence-corrected chi connectivity index (χ3v) is 5.47. The minimum atomic E-state index is -0.809. The van der Waals surface area contributed by atoms with E-state index in [0.717, 1.165) is 18.4 Å². The molecule has 3 rings (SSSR count). The van der Waals surface area contributed by atoms with Gasteiger partial charge in [-0.1, -0.05) is 25.5 Å². The molecule has 0 atom stereocenters. The number of anilines is 1. The highest BCUT2D eigenvalue weighted by Gasteiger charge is 2.42. The van der Waals surface area contributed by atoms with E-state index in [2.05, 4.69) is 17.2 Å². The first kappa shape index (κ1) is 21.7. The van der Waals surface area contributed by atoms with Crippen molar-refractivity contribution in [2.45, 2.75) is 44.9 Å². The van der Waals surface area contributed by atoms with Crippen molar-refractivity contribution in [1.82, 2.24) is 4.98 Å². The number of nitrogens with one attached hydrogen (secondary N) is 1. The minimum absolute atomic E-state index is 0.0000684. The van der Waals surface area contributed by atoms with Crippen LogP contribution in [0.5, 0.6) is 5.88 Å². The Bertz CT molecular complexity index is 892. The van der Waals surface area contributed by atoms with Gasteiger partial charge in [-0.05, 0) is 37.8 Å². The van der Waals surface area contributed by atoms with Crippen molar-refractivity contribution < 1.29 is 19.2 Å². The number of hydrogen-bond donors (Lipinski definition) is 1. The lowest BCUT2D eigenvalue weighted by atomic mass is 9.73. The molecule has 1 aromatic carbocycles. The van der Waals surface area contributed by atoms with Crippen molar-refractivity contribution in [3.8, 4) is 5.88 Å². The van der Waals surface area contributed by atoms with E-state index in [1.165, 1.54) is 12.1 Å².